The number of aromatic nitrogens is 3. The summed E-state index contributed by atoms with van der Waals surface area (Å²) in [5, 5.41) is 9.43. The molecule has 0 saturated carbocycles. The fraction of sp³-hybridized carbons (Fsp3) is 0.200. The van der Waals surface area contributed by atoms with Gasteiger partial charge in [0, 0.05) is 42.8 Å². The number of hydrogen-bond donors (Lipinski definition) is 0. The first-order valence-corrected chi connectivity index (χ1v) is 12.0. The van der Waals surface area contributed by atoms with Gasteiger partial charge in [-0.3, -0.25) is 14.8 Å². The van der Waals surface area contributed by atoms with Gasteiger partial charge in [-0.05, 0) is 54.8 Å². The number of rotatable bonds is 7. The molecule has 0 N–H and O–H groups in total. The maximum atomic E-state index is 14.8. The molecule has 1 aliphatic rings. The van der Waals surface area contributed by atoms with Gasteiger partial charge in [0.05, 0.1) is 22.9 Å². The van der Waals surface area contributed by atoms with Crippen LogP contribution in [0.1, 0.15) is 52.3 Å². The zero-order valence-corrected chi connectivity index (χ0v) is 20.6. The summed E-state index contributed by atoms with van der Waals surface area (Å²) in [6, 6.07) is 17.9. The number of Topliss-reactive ketones (excluding diaryl/α,β-unsaturated/α-hetero) is 1. The highest BCUT2D eigenvalue weighted by atomic mass is 19.1. The Balaban J connectivity index is 1.42. The number of fused-ring (bicyclic) bond motifs is 1. The molecule has 0 fully saturated rings. The average molecular weight is 490 g/mol. The number of carbonyl (C=O) groups is 1. The third kappa shape index (κ3) is 4.91. The van der Waals surface area contributed by atoms with Crippen molar-refractivity contribution in [2.75, 3.05) is 0 Å². The summed E-state index contributed by atoms with van der Waals surface area (Å²) in [7, 11) is 0. The number of pyridine rings is 1. The van der Waals surface area contributed by atoms with Gasteiger partial charge in [0.25, 0.3) is 0 Å². The third-order valence-corrected chi connectivity index (χ3v) is 6.57. The summed E-state index contributed by atoms with van der Waals surface area (Å²) >= 11 is 0. The molecular formula is C30H24FN5O. The number of halogens is 1. The maximum absolute atomic E-state index is 14.8. The van der Waals surface area contributed by atoms with E-state index in [0.717, 1.165) is 39.5 Å². The van der Waals surface area contributed by atoms with Crippen LogP contribution in [0.25, 0.3) is 11.3 Å². The van der Waals surface area contributed by atoms with E-state index in [4.69, 9.17) is 0 Å². The van der Waals surface area contributed by atoms with Crippen molar-refractivity contribution >= 4 is 17.7 Å². The summed E-state index contributed by atoms with van der Waals surface area (Å²) in [5.41, 5.74) is 5.61. The number of carbonyl (C=O) groups excluding carboxylic acids is 1. The van der Waals surface area contributed by atoms with Crippen LogP contribution in [0.15, 0.2) is 72.1 Å². The number of nitriles is 1. The molecule has 0 saturated heterocycles. The molecule has 0 spiro atoms. The Morgan fingerprint density at radius 3 is 2.78 bits per heavy atom. The Hall–Kier alpha value is -4.57. The molecule has 7 heteroatoms. The molecular weight excluding hydrogens is 465 g/mol. The first-order valence-electron chi connectivity index (χ1n) is 12.0. The molecule has 37 heavy (non-hydrogen) atoms. The van der Waals surface area contributed by atoms with Crippen molar-refractivity contribution in [2.45, 2.75) is 38.5 Å². The van der Waals surface area contributed by atoms with Crippen LogP contribution in [0.3, 0.4) is 0 Å². The fourth-order valence-corrected chi connectivity index (χ4v) is 4.40. The highest BCUT2D eigenvalue weighted by Gasteiger charge is 2.22. The van der Waals surface area contributed by atoms with Crippen LogP contribution in [-0.4, -0.2) is 26.9 Å². The van der Waals surface area contributed by atoms with Crippen LogP contribution in [0.2, 0.25) is 0 Å². The molecule has 3 heterocycles. The van der Waals surface area contributed by atoms with Crippen LogP contribution < -0.4 is 0 Å². The molecule has 4 aromatic rings. The average Bonchev–Trinajstić information content (AvgIpc) is 3.40. The van der Waals surface area contributed by atoms with Crippen molar-refractivity contribution in [3.63, 3.8) is 0 Å². The van der Waals surface area contributed by atoms with Crippen molar-refractivity contribution in [1.82, 2.24) is 15.0 Å². The van der Waals surface area contributed by atoms with Gasteiger partial charge in [0.1, 0.15) is 23.5 Å². The van der Waals surface area contributed by atoms with E-state index in [1.165, 1.54) is 12.4 Å². The molecule has 2 aromatic heterocycles. The molecule has 0 amide bonds. The largest absolute Gasteiger partial charge is 0.294 e. The lowest BCUT2D eigenvalue weighted by Gasteiger charge is -2.16. The summed E-state index contributed by atoms with van der Waals surface area (Å²) in [6.07, 6.45) is 6.10. The van der Waals surface area contributed by atoms with E-state index in [9.17, 15) is 14.4 Å². The molecule has 0 unspecified atom stereocenters. The highest BCUT2D eigenvalue weighted by molar-refractivity contribution is 5.97. The van der Waals surface area contributed by atoms with Gasteiger partial charge in [-0.1, -0.05) is 30.3 Å². The minimum absolute atomic E-state index is 0.0840. The Labute approximate surface area is 214 Å². The minimum Gasteiger partial charge on any atom is -0.294 e. The molecule has 6 nitrogen and oxygen atoms in total. The monoisotopic (exact) mass is 489 g/mol. The van der Waals surface area contributed by atoms with Gasteiger partial charge in [-0.15, -0.1) is 0 Å². The quantitative estimate of drug-likeness (QED) is 0.308. The van der Waals surface area contributed by atoms with Crippen molar-refractivity contribution in [2.24, 2.45) is 4.99 Å². The lowest BCUT2D eigenvalue weighted by atomic mass is 9.85. The lowest BCUT2D eigenvalue weighted by Crippen LogP contribution is -2.15. The van der Waals surface area contributed by atoms with Crippen molar-refractivity contribution in [3.8, 4) is 17.3 Å². The van der Waals surface area contributed by atoms with Crippen LogP contribution in [-0.2, 0) is 24.7 Å². The SMILES string of the molecule is CC(C)(C#N)c1cccc(C(=O)Cc2cc(Cc3ncccc3-c3ncnc4c3N=CC4)ccc2F)c1. The topological polar surface area (TPSA) is 91.9 Å². The second kappa shape index (κ2) is 9.82. The van der Waals surface area contributed by atoms with E-state index >= 15 is 0 Å². The molecule has 0 atom stereocenters. The Morgan fingerprint density at radius 1 is 1.08 bits per heavy atom. The van der Waals surface area contributed by atoms with E-state index in [1.807, 2.05) is 24.4 Å². The van der Waals surface area contributed by atoms with Crippen molar-refractivity contribution in [1.29, 1.82) is 5.26 Å². The fourth-order valence-electron chi connectivity index (χ4n) is 4.40. The molecule has 1 aliphatic heterocycles. The molecule has 0 bridgehead atoms. The number of ketones is 1. The Morgan fingerprint density at radius 2 is 1.95 bits per heavy atom. The van der Waals surface area contributed by atoms with E-state index in [-0.39, 0.29) is 12.2 Å². The zero-order valence-electron chi connectivity index (χ0n) is 20.6. The van der Waals surface area contributed by atoms with Gasteiger partial charge < -0.3 is 0 Å². The molecule has 0 aliphatic carbocycles. The van der Waals surface area contributed by atoms with Crippen LogP contribution in [0, 0.1) is 17.1 Å². The first-order chi connectivity index (χ1) is 17.9. The predicted octanol–water partition coefficient (Wildman–Crippen LogP) is 5.75. The second-order valence-corrected chi connectivity index (χ2v) is 9.55. The summed E-state index contributed by atoms with van der Waals surface area (Å²) < 4.78 is 14.8. The summed E-state index contributed by atoms with van der Waals surface area (Å²) in [6.45, 7) is 3.60. The van der Waals surface area contributed by atoms with E-state index in [0.29, 0.717) is 24.0 Å². The minimum atomic E-state index is -0.725. The molecule has 2 aromatic carbocycles. The van der Waals surface area contributed by atoms with Crippen molar-refractivity contribution < 1.29 is 9.18 Å². The van der Waals surface area contributed by atoms with Gasteiger partial charge in [-0.2, -0.15) is 5.26 Å². The predicted molar refractivity (Wildman–Crippen MR) is 139 cm³/mol. The zero-order chi connectivity index (χ0) is 26.0. The van der Waals surface area contributed by atoms with E-state index in [1.54, 1.807) is 50.4 Å². The first kappa shape index (κ1) is 24.1. The smallest absolute Gasteiger partial charge is 0.167 e. The summed E-state index contributed by atoms with van der Waals surface area (Å²) in [4.78, 5) is 30.9. The van der Waals surface area contributed by atoms with Crippen molar-refractivity contribution in [3.05, 3.63) is 107 Å². The van der Waals surface area contributed by atoms with Crippen LogP contribution in [0.4, 0.5) is 10.1 Å². The van der Waals surface area contributed by atoms with Gasteiger partial charge in [0.2, 0.25) is 0 Å². The number of nitrogens with zero attached hydrogens (tertiary/aromatic N) is 5. The maximum Gasteiger partial charge on any atom is 0.167 e. The molecule has 0 radical (unpaired) electrons. The van der Waals surface area contributed by atoms with Crippen LogP contribution >= 0.6 is 0 Å². The van der Waals surface area contributed by atoms with E-state index < -0.39 is 11.2 Å². The summed E-state index contributed by atoms with van der Waals surface area (Å²) in [5.74, 6) is -0.644. The Kier molecular flexibility index (Phi) is 6.41. The standard InChI is InChI=1S/C30H24FN5O/c1-30(2,17-32)22-6-3-5-20(15-22)27(37)16-21-13-19(8-9-24(21)31)14-26-23(7-4-11-33-26)28-29-25(10-12-34-29)35-18-36-28/h3-9,11-13,15,18H,10,14,16H2,1-2H3. The van der Waals surface area contributed by atoms with Gasteiger partial charge in [-0.25, -0.2) is 14.4 Å². The van der Waals surface area contributed by atoms with Gasteiger partial charge >= 0.3 is 0 Å². The second-order valence-electron chi connectivity index (χ2n) is 9.55. The number of hydrogen-bond acceptors (Lipinski definition) is 6. The van der Waals surface area contributed by atoms with E-state index in [2.05, 4.69) is 26.0 Å². The number of benzene rings is 2. The molecule has 5 rings (SSSR count). The van der Waals surface area contributed by atoms with Crippen LogP contribution in [0.5, 0.6) is 0 Å². The normalized spacial score (nSPS) is 12.3. The highest BCUT2D eigenvalue weighted by Crippen LogP contribution is 2.35. The Bertz CT molecular complexity index is 1590. The van der Waals surface area contributed by atoms with Gasteiger partial charge in [0.15, 0.2) is 5.78 Å². The third-order valence-electron chi connectivity index (χ3n) is 6.57. The molecule has 182 valence electrons. The number of aliphatic imine (C=N–C) groups is 1. The lowest BCUT2D eigenvalue weighted by molar-refractivity contribution is 0.0991.